The van der Waals surface area contributed by atoms with Gasteiger partial charge in [0.2, 0.25) is 0 Å². The molecular formula is C23H23ClN4O. The van der Waals surface area contributed by atoms with Crippen molar-refractivity contribution in [2.75, 3.05) is 23.3 Å². The van der Waals surface area contributed by atoms with Gasteiger partial charge < -0.3 is 10.2 Å². The summed E-state index contributed by atoms with van der Waals surface area (Å²) in [6, 6.07) is 18.6. The van der Waals surface area contributed by atoms with Crippen molar-refractivity contribution in [2.45, 2.75) is 25.7 Å². The van der Waals surface area contributed by atoms with Gasteiger partial charge in [-0.25, -0.2) is 0 Å². The predicted molar refractivity (Wildman–Crippen MR) is 118 cm³/mol. The SMILES string of the molecule is O=C(Nc1cccc(-c2ccc(N3CCCCCC3)nn2)c1)c1ccccc1Cl. The number of nitrogens with zero attached hydrogens (tertiary/aromatic N) is 3. The molecule has 1 amide bonds. The molecule has 0 unspecified atom stereocenters. The molecule has 29 heavy (non-hydrogen) atoms. The molecule has 0 bridgehead atoms. The van der Waals surface area contributed by atoms with Crippen LogP contribution in [0.5, 0.6) is 0 Å². The Morgan fingerprint density at radius 1 is 0.897 bits per heavy atom. The monoisotopic (exact) mass is 406 g/mol. The Hall–Kier alpha value is -2.92. The van der Waals surface area contributed by atoms with Crippen LogP contribution in [-0.4, -0.2) is 29.2 Å². The van der Waals surface area contributed by atoms with Crippen LogP contribution in [0.15, 0.2) is 60.7 Å². The Morgan fingerprint density at radius 2 is 1.69 bits per heavy atom. The van der Waals surface area contributed by atoms with Gasteiger partial charge in [0.15, 0.2) is 5.82 Å². The third-order valence-electron chi connectivity index (χ3n) is 5.12. The summed E-state index contributed by atoms with van der Waals surface area (Å²) in [6.07, 6.45) is 4.98. The zero-order chi connectivity index (χ0) is 20.1. The number of hydrogen-bond acceptors (Lipinski definition) is 4. The van der Waals surface area contributed by atoms with Crippen LogP contribution < -0.4 is 10.2 Å². The van der Waals surface area contributed by atoms with E-state index in [4.69, 9.17) is 11.6 Å². The van der Waals surface area contributed by atoms with Gasteiger partial charge in [-0.05, 0) is 49.2 Å². The van der Waals surface area contributed by atoms with Crippen molar-refractivity contribution in [3.63, 3.8) is 0 Å². The number of carbonyl (C=O) groups is 1. The van der Waals surface area contributed by atoms with Crippen molar-refractivity contribution >= 4 is 29.0 Å². The molecule has 148 valence electrons. The van der Waals surface area contributed by atoms with Gasteiger partial charge >= 0.3 is 0 Å². The van der Waals surface area contributed by atoms with Gasteiger partial charge in [-0.2, -0.15) is 0 Å². The van der Waals surface area contributed by atoms with E-state index in [0.717, 1.165) is 30.2 Å². The van der Waals surface area contributed by atoms with Crippen LogP contribution in [0.1, 0.15) is 36.0 Å². The summed E-state index contributed by atoms with van der Waals surface area (Å²) in [5.41, 5.74) is 2.81. The number of rotatable bonds is 4. The molecule has 0 radical (unpaired) electrons. The molecule has 1 aliphatic rings. The molecule has 1 aliphatic heterocycles. The third-order valence-corrected chi connectivity index (χ3v) is 5.44. The van der Waals surface area contributed by atoms with Gasteiger partial charge in [0.05, 0.1) is 16.3 Å². The van der Waals surface area contributed by atoms with Gasteiger partial charge in [0, 0.05) is 24.3 Å². The summed E-state index contributed by atoms with van der Waals surface area (Å²) < 4.78 is 0. The van der Waals surface area contributed by atoms with Gasteiger partial charge in [-0.1, -0.05) is 48.7 Å². The Bertz CT molecular complexity index is 982. The number of benzene rings is 2. The molecule has 6 heteroatoms. The fourth-order valence-electron chi connectivity index (χ4n) is 3.55. The van der Waals surface area contributed by atoms with E-state index in [-0.39, 0.29) is 5.91 Å². The Labute approximate surface area is 175 Å². The Kier molecular flexibility index (Phi) is 6.06. The second-order valence-electron chi connectivity index (χ2n) is 7.19. The normalized spacial score (nSPS) is 14.3. The highest BCUT2D eigenvalue weighted by molar-refractivity contribution is 6.34. The average Bonchev–Trinajstić information content (AvgIpc) is 3.04. The van der Waals surface area contributed by atoms with Gasteiger partial charge in [0.1, 0.15) is 0 Å². The van der Waals surface area contributed by atoms with Crippen molar-refractivity contribution in [1.82, 2.24) is 10.2 Å². The summed E-state index contributed by atoms with van der Waals surface area (Å²) in [5.74, 6) is 0.689. The molecule has 0 aliphatic carbocycles. The maximum absolute atomic E-state index is 12.5. The smallest absolute Gasteiger partial charge is 0.257 e. The van der Waals surface area contributed by atoms with Crippen LogP contribution in [0, 0.1) is 0 Å². The lowest BCUT2D eigenvalue weighted by Crippen LogP contribution is -2.25. The fraction of sp³-hybridized carbons (Fsp3) is 0.261. The first-order chi connectivity index (χ1) is 14.2. The summed E-state index contributed by atoms with van der Waals surface area (Å²) in [5, 5.41) is 12.2. The van der Waals surface area contributed by atoms with Crippen LogP contribution in [0.3, 0.4) is 0 Å². The number of hydrogen-bond donors (Lipinski definition) is 1. The van der Waals surface area contributed by atoms with Crippen molar-refractivity contribution in [3.05, 3.63) is 71.2 Å². The molecule has 1 saturated heterocycles. The summed E-state index contributed by atoms with van der Waals surface area (Å²) in [6.45, 7) is 2.08. The maximum Gasteiger partial charge on any atom is 0.257 e. The first-order valence-electron chi connectivity index (χ1n) is 9.96. The Balaban J connectivity index is 1.49. The van der Waals surface area contributed by atoms with E-state index in [2.05, 4.69) is 20.4 Å². The van der Waals surface area contributed by atoms with E-state index in [1.165, 1.54) is 25.7 Å². The summed E-state index contributed by atoms with van der Waals surface area (Å²) >= 11 is 6.12. The van der Waals surface area contributed by atoms with Gasteiger partial charge in [0.25, 0.3) is 5.91 Å². The van der Waals surface area contributed by atoms with E-state index in [1.54, 1.807) is 24.3 Å². The molecule has 2 heterocycles. The number of carbonyl (C=O) groups excluding carboxylic acids is 1. The first kappa shape index (κ1) is 19.4. The van der Waals surface area contributed by atoms with Crippen molar-refractivity contribution in [2.24, 2.45) is 0 Å². The summed E-state index contributed by atoms with van der Waals surface area (Å²) in [7, 11) is 0. The van der Waals surface area contributed by atoms with Crippen molar-refractivity contribution < 1.29 is 4.79 Å². The van der Waals surface area contributed by atoms with E-state index in [9.17, 15) is 4.79 Å². The fourth-order valence-corrected chi connectivity index (χ4v) is 3.77. The molecule has 1 fully saturated rings. The van der Waals surface area contributed by atoms with Crippen LogP contribution in [0.2, 0.25) is 5.02 Å². The first-order valence-corrected chi connectivity index (χ1v) is 10.3. The standard InChI is InChI=1S/C23H23ClN4O/c24-20-11-4-3-10-19(20)23(29)25-18-9-7-8-17(16-18)21-12-13-22(27-26-21)28-14-5-1-2-6-15-28/h3-4,7-13,16H,1-2,5-6,14-15H2,(H,25,29). The van der Waals surface area contributed by atoms with Crippen LogP contribution in [0.25, 0.3) is 11.3 Å². The largest absolute Gasteiger partial charge is 0.355 e. The molecule has 1 aromatic heterocycles. The number of halogens is 1. The molecule has 1 N–H and O–H groups in total. The van der Waals surface area contributed by atoms with Crippen LogP contribution >= 0.6 is 11.6 Å². The zero-order valence-electron chi connectivity index (χ0n) is 16.1. The van der Waals surface area contributed by atoms with Crippen LogP contribution in [0.4, 0.5) is 11.5 Å². The zero-order valence-corrected chi connectivity index (χ0v) is 16.9. The van der Waals surface area contributed by atoms with Crippen molar-refractivity contribution in [3.8, 4) is 11.3 Å². The van der Waals surface area contributed by atoms with Crippen molar-refractivity contribution in [1.29, 1.82) is 0 Å². The number of anilines is 2. The molecule has 3 aromatic rings. The van der Waals surface area contributed by atoms with Crippen LogP contribution in [-0.2, 0) is 0 Å². The average molecular weight is 407 g/mol. The predicted octanol–water partition coefficient (Wildman–Crippen LogP) is 5.43. The lowest BCUT2D eigenvalue weighted by atomic mass is 10.1. The minimum atomic E-state index is -0.240. The highest BCUT2D eigenvalue weighted by atomic mass is 35.5. The molecule has 0 saturated carbocycles. The topological polar surface area (TPSA) is 58.1 Å². The van der Waals surface area contributed by atoms with E-state index < -0.39 is 0 Å². The molecular weight excluding hydrogens is 384 g/mol. The maximum atomic E-state index is 12.5. The quantitative estimate of drug-likeness (QED) is 0.627. The lowest BCUT2D eigenvalue weighted by Gasteiger charge is -2.20. The molecule has 5 nitrogen and oxygen atoms in total. The van der Waals surface area contributed by atoms with Gasteiger partial charge in [-0.15, -0.1) is 10.2 Å². The minimum Gasteiger partial charge on any atom is -0.355 e. The second kappa shape index (κ2) is 9.05. The number of nitrogens with one attached hydrogen (secondary N) is 1. The third kappa shape index (κ3) is 4.74. The highest BCUT2D eigenvalue weighted by Crippen LogP contribution is 2.24. The highest BCUT2D eigenvalue weighted by Gasteiger charge is 2.13. The molecule has 0 spiro atoms. The van der Waals surface area contributed by atoms with E-state index >= 15 is 0 Å². The van der Waals surface area contributed by atoms with Gasteiger partial charge in [-0.3, -0.25) is 4.79 Å². The Morgan fingerprint density at radius 3 is 2.41 bits per heavy atom. The lowest BCUT2D eigenvalue weighted by molar-refractivity contribution is 0.102. The van der Waals surface area contributed by atoms with E-state index in [0.29, 0.717) is 16.3 Å². The number of amides is 1. The molecule has 0 atom stereocenters. The molecule has 4 rings (SSSR count). The second-order valence-corrected chi connectivity index (χ2v) is 7.60. The molecule has 2 aromatic carbocycles. The summed E-state index contributed by atoms with van der Waals surface area (Å²) in [4.78, 5) is 14.8. The number of aromatic nitrogens is 2. The minimum absolute atomic E-state index is 0.240. The van der Waals surface area contributed by atoms with E-state index in [1.807, 2.05) is 36.4 Å².